The molecule has 1 aromatic heterocycles. The molecular formula is C12H17BrN2OS2. The Hall–Kier alpha value is -0.460. The van der Waals surface area contributed by atoms with Gasteiger partial charge in [-0.3, -0.25) is 4.79 Å². The standard InChI is InChI=1S/C12H17BrN2OS2/c1-4-12(2,10(14)17)11(16)15(3)6-8-5-9(13)18-7-8/h5,7H,4,6H2,1-3H3,(H2,14,17). The van der Waals surface area contributed by atoms with Crippen molar-refractivity contribution in [2.24, 2.45) is 11.1 Å². The summed E-state index contributed by atoms with van der Waals surface area (Å²) in [6, 6.07) is 2.01. The van der Waals surface area contributed by atoms with Crippen LogP contribution in [0.25, 0.3) is 0 Å². The fraction of sp³-hybridized carbons (Fsp3) is 0.500. The molecule has 0 aliphatic heterocycles. The molecule has 0 saturated heterocycles. The zero-order valence-electron chi connectivity index (χ0n) is 10.7. The van der Waals surface area contributed by atoms with Gasteiger partial charge in [-0.05, 0) is 46.3 Å². The molecule has 0 aromatic carbocycles. The van der Waals surface area contributed by atoms with Gasteiger partial charge >= 0.3 is 0 Å². The van der Waals surface area contributed by atoms with Crippen LogP contribution in [0.2, 0.25) is 0 Å². The van der Waals surface area contributed by atoms with Gasteiger partial charge in [-0.15, -0.1) is 11.3 Å². The molecule has 0 spiro atoms. The Kier molecular flexibility index (Phi) is 5.31. The molecule has 18 heavy (non-hydrogen) atoms. The number of nitrogens with two attached hydrogens (primary N) is 1. The number of carbonyl (C=O) groups excluding carboxylic acids is 1. The quantitative estimate of drug-likeness (QED) is 0.831. The Balaban J connectivity index is 2.80. The van der Waals surface area contributed by atoms with Crippen LogP contribution in [0.4, 0.5) is 0 Å². The molecule has 0 saturated carbocycles. The molecule has 1 rings (SSSR count). The Morgan fingerprint density at radius 1 is 1.67 bits per heavy atom. The van der Waals surface area contributed by atoms with Crippen molar-refractivity contribution in [3.8, 4) is 0 Å². The van der Waals surface area contributed by atoms with Crippen LogP contribution in [0, 0.1) is 5.41 Å². The number of thiophene rings is 1. The summed E-state index contributed by atoms with van der Waals surface area (Å²) in [5, 5.41) is 2.03. The topological polar surface area (TPSA) is 46.3 Å². The highest BCUT2D eigenvalue weighted by molar-refractivity contribution is 9.11. The SMILES string of the molecule is CCC(C)(C(=O)N(C)Cc1csc(Br)c1)C(N)=S. The van der Waals surface area contributed by atoms with E-state index in [2.05, 4.69) is 15.9 Å². The lowest BCUT2D eigenvalue weighted by atomic mass is 9.86. The van der Waals surface area contributed by atoms with Crippen molar-refractivity contribution in [3.63, 3.8) is 0 Å². The average Bonchev–Trinajstić information content (AvgIpc) is 2.72. The number of carbonyl (C=O) groups is 1. The molecule has 2 N–H and O–H groups in total. The van der Waals surface area contributed by atoms with E-state index in [-0.39, 0.29) is 10.9 Å². The summed E-state index contributed by atoms with van der Waals surface area (Å²) in [4.78, 5) is 14.3. The largest absolute Gasteiger partial charge is 0.392 e. The van der Waals surface area contributed by atoms with Gasteiger partial charge in [0, 0.05) is 13.6 Å². The molecular weight excluding hydrogens is 332 g/mol. The summed E-state index contributed by atoms with van der Waals surface area (Å²) in [7, 11) is 1.78. The molecule has 100 valence electrons. The van der Waals surface area contributed by atoms with Crippen LogP contribution in [0.5, 0.6) is 0 Å². The predicted molar refractivity (Wildman–Crippen MR) is 83.7 cm³/mol. The van der Waals surface area contributed by atoms with E-state index in [0.717, 1.165) is 9.35 Å². The van der Waals surface area contributed by atoms with Crippen molar-refractivity contribution >= 4 is 50.4 Å². The number of rotatable bonds is 5. The Labute approximate surface area is 125 Å². The number of hydrogen-bond donors (Lipinski definition) is 1. The third-order valence-corrected chi connectivity index (χ3v) is 5.11. The Morgan fingerprint density at radius 2 is 2.28 bits per heavy atom. The van der Waals surface area contributed by atoms with E-state index in [1.54, 1.807) is 30.2 Å². The van der Waals surface area contributed by atoms with Crippen LogP contribution in [0.1, 0.15) is 25.8 Å². The second-order valence-electron chi connectivity index (χ2n) is 4.47. The first-order valence-corrected chi connectivity index (χ1v) is 7.67. The first-order chi connectivity index (χ1) is 8.31. The molecule has 0 aliphatic carbocycles. The molecule has 1 amide bonds. The third kappa shape index (κ3) is 3.30. The summed E-state index contributed by atoms with van der Waals surface area (Å²) in [5.74, 6) is -0.0279. The van der Waals surface area contributed by atoms with Gasteiger partial charge in [0.1, 0.15) is 0 Å². The van der Waals surface area contributed by atoms with Gasteiger partial charge in [0.2, 0.25) is 5.91 Å². The minimum atomic E-state index is -0.753. The molecule has 3 nitrogen and oxygen atoms in total. The minimum absolute atomic E-state index is 0.0279. The Morgan fingerprint density at radius 3 is 2.67 bits per heavy atom. The highest BCUT2D eigenvalue weighted by Crippen LogP contribution is 2.26. The van der Waals surface area contributed by atoms with Crippen LogP contribution in [-0.4, -0.2) is 22.8 Å². The highest BCUT2D eigenvalue weighted by Gasteiger charge is 2.36. The highest BCUT2D eigenvalue weighted by atomic mass is 79.9. The van der Waals surface area contributed by atoms with E-state index in [4.69, 9.17) is 18.0 Å². The number of hydrogen-bond acceptors (Lipinski definition) is 3. The number of amides is 1. The second-order valence-corrected chi connectivity index (χ2v) is 7.20. The van der Waals surface area contributed by atoms with E-state index >= 15 is 0 Å². The van der Waals surface area contributed by atoms with Crippen molar-refractivity contribution in [2.45, 2.75) is 26.8 Å². The third-order valence-electron chi connectivity index (χ3n) is 3.11. The van der Waals surface area contributed by atoms with Crippen molar-refractivity contribution in [1.29, 1.82) is 0 Å². The maximum atomic E-state index is 12.4. The van der Waals surface area contributed by atoms with Gasteiger partial charge in [-0.2, -0.15) is 0 Å². The molecule has 6 heteroatoms. The molecule has 0 bridgehead atoms. The van der Waals surface area contributed by atoms with Crippen LogP contribution in [0.15, 0.2) is 15.2 Å². The molecule has 0 fully saturated rings. The zero-order valence-corrected chi connectivity index (χ0v) is 13.9. The molecule has 1 unspecified atom stereocenters. The number of nitrogens with zero attached hydrogens (tertiary/aromatic N) is 1. The fourth-order valence-corrected chi connectivity index (χ4v) is 3.06. The average molecular weight is 349 g/mol. The summed E-state index contributed by atoms with van der Waals surface area (Å²) in [6.45, 7) is 4.29. The van der Waals surface area contributed by atoms with E-state index in [1.807, 2.05) is 18.4 Å². The maximum Gasteiger partial charge on any atom is 0.235 e. The van der Waals surface area contributed by atoms with Gasteiger partial charge in [-0.25, -0.2) is 0 Å². The molecule has 0 aliphatic rings. The van der Waals surface area contributed by atoms with Gasteiger partial charge in [0.15, 0.2) is 0 Å². The normalized spacial score (nSPS) is 14.0. The van der Waals surface area contributed by atoms with E-state index < -0.39 is 5.41 Å². The zero-order chi connectivity index (χ0) is 13.9. The van der Waals surface area contributed by atoms with E-state index in [9.17, 15) is 4.79 Å². The van der Waals surface area contributed by atoms with Crippen molar-refractivity contribution in [3.05, 3.63) is 20.8 Å². The second kappa shape index (κ2) is 6.12. The van der Waals surface area contributed by atoms with Gasteiger partial charge < -0.3 is 10.6 Å². The Bertz CT molecular complexity index is 461. The van der Waals surface area contributed by atoms with Gasteiger partial charge in [-0.1, -0.05) is 19.1 Å². The first kappa shape index (κ1) is 15.6. The van der Waals surface area contributed by atoms with Gasteiger partial charge in [0.05, 0.1) is 14.2 Å². The maximum absolute atomic E-state index is 12.4. The fourth-order valence-electron chi connectivity index (χ4n) is 1.63. The van der Waals surface area contributed by atoms with Crippen molar-refractivity contribution < 1.29 is 4.79 Å². The van der Waals surface area contributed by atoms with Crippen LogP contribution >= 0.6 is 39.5 Å². The van der Waals surface area contributed by atoms with Gasteiger partial charge in [0.25, 0.3) is 0 Å². The van der Waals surface area contributed by atoms with Crippen molar-refractivity contribution in [1.82, 2.24) is 4.90 Å². The van der Waals surface area contributed by atoms with Crippen LogP contribution in [-0.2, 0) is 11.3 Å². The smallest absolute Gasteiger partial charge is 0.235 e. The summed E-state index contributed by atoms with van der Waals surface area (Å²) >= 11 is 10.0. The molecule has 1 heterocycles. The van der Waals surface area contributed by atoms with Crippen LogP contribution in [0.3, 0.4) is 0 Å². The predicted octanol–water partition coefficient (Wildman–Crippen LogP) is 3.17. The molecule has 1 atom stereocenters. The molecule has 0 radical (unpaired) electrons. The molecule has 1 aromatic rings. The summed E-state index contributed by atoms with van der Waals surface area (Å²) < 4.78 is 1.06. The van der Waals surface area contributed by atoms with E-state index in [1.165, 1.54) is 0 Å². The monoisotopic (exact) mass is 348 g/mol. The minimum Gasteiger partial charge on any atom is -0.392 e. The lowest BCUT2D eigenvalue weighted by molar-refractivity contribution is -0.136. The number of halogens is 1. The lowest BCUT2D eigenvalue weighted by Gasteiger charge is -2.30. The van der Waals surface area contributed by atoms with E-state index in [0.29, 0.717) is 13.0 Å². The first-order valence-electron chi connectivity index (χ1n) is 5.59. The summed E-state index contributed by atoms with van der Waals surface area (Å²) in [6.07, 6.45) is 0.610. The van der Waals surface area contributed by atoms with Crippen LogP contribution < -0.4 is 5.73 Å². The lowest BCUT2D eigenvalue weighted by Crippen LogP contribution is -2.46. The summed E-state index contributed by atoms with van der Waals surface area (Å²) in [5.41, 5.74) is 6.04. The number of thiocarbonyl (C=S) groups is 1. The van der Waals surface area contributed by atoms with Crippen molar-refractivity contribution in [2.75, 3.05) is 7.05 Å².